The summed E-state index contributed by atoms with van der Waals surface area (Å²) in [5.41, 5.74) is 1.00. The Morgan fingerprint density at radius 1 is 1.32 bits per heavy atom. The van der Waals surface area contributed by atoms with Gasteiger partial charge in [-0.25, -0.2) is 13.8 Å². The molecule has 1 aromatic carbocycles. The van der Waals surface area contributed by atoms with Gasteiger partial charge in [0, 0.05) is 38.6 Å². The molecule has 2 aromatic rings. The number of ether oxygens (including phenoxy) is 2. The molecule has 0 radical (unpaired) electrons. The van der Waals surface area contributed by atoms with Crippen LogP contribution in [0.1, 0.15) is 38.3 Å². The zero-order chi connectivity index (χ0) is 22.0. The number of aromatic nitrogens is 2. The Balaban J connectivity index is 1.29. The molecule has 9 heteroatoms. The predicted octanol–water partition coefficient (Wildman–Crippen LogP) is 3.37. The Hall–Kier alpha value is -2.97. The smallest absolute Gasteiger partial charge is 0.255 e. The number of benzene rings is 1. The maximum atomic E-state index is 13.0. The minimum Gasteiger partial charge on any atom is -0.489 e. The third-order valence-electron chi connectivity index (χ3n) is 5.54. The molecule has 4 rings (SSSR count). The van der Waals surface area contributed by atoms with Crippen molar-refractivity contribution >= 4 is 11.9 Å². The van der Waals surface area contributed by atoms with Crippen molar-refractivity contribution in [3.05, 3.63) is 42.1 Å². The molecule has 1 aliphatic carbocycles. The van der Waals surface area contributed by atoms with Crippen LogP contribution in [0.3, 0.4) is 0 Å². The quantitative estimate of drug-likeness (QED) is 0.689. The maximum absolute atomic E-state index is 13.0. The fourth-order valence-corrected chi connectivity index (χ4v) is 3.62. The Morgan fingerprint density at radius 3 is 2.74 bits per heavy atom. The second-order valence-corrected chi connectivity index (χ2v) is 8.13. The van der Waals surface area contributed by atoms with Gasteiger partial charge in [-0.15, -0.1) is 0 Å². The first kappa shape index (κ1) is 21.3. The Kier molecular flexibility index (Phi) is 5.93. The summed E-state index contributed by atoms with van der Waals surface area (Å²) in [6, 6.07) is 9.19. The van der Waals surface area contributed by atoms with Crippen LogP contribution in [0.25, 0.3) is 0 Å². The summed E-state index contributed by atoms with van der Waals surface area (Å²) in [6.45, 7) is 4.74. The average Bonchev–Trinajstić information content (AvgIpc) is 3.10. The molecule has 1 saturated carbocycles. The number of nitrogens with one attached hydrogen (secondary N) is 1. The molecule has 1 aromatic heterocycles. The van der Waals surface area contributed by atoms with E-state index in [0.717, 1.165) is 24.3 Å². The van der Waals surface area contributed by atoms with Gasteiger partial charge in [0.05, 0.1) is 25.1 Å². The molecule has 2 aliphatic rings. The third-order valence-corrected chi connectivity index (χ3v) is 5.54. The van der Waals surface area contributed by atoms with Gasteiger partial charge in [0.1, 0.15) is 11.9 Å². The van der Waals surface area contributed by atoms with Gasteiger partial charge in [-0.2, -0.15) is 4.98 Å². The molecular formula is C22H26F2N4O3. The van der Waals surface area contributed by atoms with E-state index in [1.807, 2.05) is 36.1 Å². The van der Waals surface area contributed by atoms with Crippen molar-refractivity contribution in [3.8, 4) is 11.6 Å². The monoisotopic (exact) mass is 432 g/mol. The van der Waals surface area contributed by atoms with Gasteiger partial charge >= 0.3 is 0 Å². The Morgan fingerprint density at radius 2 is 2.06 bits per heavy atom. The molecule has 0 spiro atoms. The van der Waals surface area contributed by atoms with Crippen molar-refractivity contribution in [1.82, 2.24) is 15.3 Å². The largest absolute Gasteiger partial charge is 0.489 e. The Bertz CT molecular complexity index is 925. The lowest BCUT2D eigenvalue weighted by molar-refractivity contribution is -0.119. The van der Waals surface area contributed by atoms with Crippen molar-refractivity contribution < 1.29 is 23.0 Å². The summed E-state index contributed by atoms with van der Waals surface area (Å²) >= 11 is 0. The SMILES string of the molecule is CC(=O)N[C@@H](C)c1ccc(O[C@@H]2CCN(c3nccc(OCC4CC4(F)F)n3)C2)cc1. The highest BCUT2D eigenvalue weighted by Gasteiger charge is 2.57. The molecule has 3 atom stereocenters. The summed E-state index contributed by atoms with van der Waals surface area (Å²) in [5, 5.41) is 2.85. The van der Waals surface area contributed by atoms with Gasteiger partial charge in [-0.3, -0.25) is 4.79 Å². The number of amides is 1. The van der Waals surface area contributed by atoms with Crippen LogP contribution in [0, 0.1) is 5.92 Å². The van der Waals surface area contributed by atoms with Crippen molar-refractivity contribution in [2.45, 2.75) is 44.8 Å². The van der Waals surface area contributed by atoms with Gasteiger partial charge < -0.3 is 19.7 Å². The summed E-state index contributed by atoms with van der Waals surface area (Å²) in [6.07, 6.45) is 2.25. The van der Waals surface area contributed by atoms with Gasteiger partial charge in [-0.05, 0) is 24.6 Å². The lowest BCUT2D eigenvalue weighted by Crippen LogP contribution is -2.26. The van der Waals surface area contributed by atoms with Crippen molar-refractivity contribution in [2.24, 2.45) is 5.92 Å². The minimum atomic E-state index is -2.60. The van der Waals surface area contributed by atoms with Crippen LogP contribution in [-0.2, 0) is 4.79 Å². The molecule has 0 bridgehead atoms. The first-order valence-electron chi connectivity index (χ1n) is 10.4. The zero-order valence-corrected chi connectivity index (χ0v) is 17.6. The molecule has 2 fully saturated rings. The summed E-state index contributed by atoms with van der Waals surface area (Å²) in [7, 11) is 0. The number of rotatable bonds is 8. The topological polar surface area (TPSA) is 76.6 Å². The van der Waals surface area contributed by atoms with E-state index >= 15 is 0 Å². The fraction of sp³-hybridized carbons (Fsp3) is 0.500. The third kappa shape index (κ3) is 5.39. The molecule has 2 heterocycles. The number of carbonyl (C=O) groups excluding carboxylic acids is 1. The summed E-state index contributed by atoms with van der Waals surface area (Å²) < 4.78 is 37.5. The molecule has 1 N–H and O–H groups in total. The van der Waals surface area contributed by atoms with Gasteiger partial charge in [0.25, 0.3) is 5.92 Å². The van der Waals surface area contributed by atoms with Crippen molar-refractivity contribution in [1.29, 1.82) is 0 Å². The minimum absolute atomic E-state index is 0.0167. The van der Waals surface area contributed by atoms with Gasteiger partial charge in [-0.1, -0.05) is 12.1 Å². The highest BCUT2D eigenvalue weighted by Crippen LogP contribution is 2.48. The molecule has 1 amide bonds. The number of anilines is 1. The van der Waals surface area contributed by atoms with Gasteiger partial charge in [0.2, 0.25) is 17.7 Å². The van der Waals surface area contributed by atoms with E-state index in [2.05, 4.69) is 15.3 Å². The Labute approximate surface area is 179 Å². The lowest BCUT2D eigenvalue weighted by atomic mass is 10.1. The summed E-state index contributed by atoms with van der Waals surface area (Å²) in [5.74, 6) is -1.82. The van der Waals surface area contributed by atoms with Crippen LogP contribution in [-0.4, -0.2) is 47.6 Å². The van der Waals surface area contributed by atoms with Crippen LogP contribution in [0.5, 0.6) is 11.6 Å². The number of nitrogens with zero attached hydrogens (tertiary/aromatic N) is 3. The molecule has 1 unspecified atom stereocenters. The van der Waals surface area contributed by atoms with Crippen LogP contribution in [0.2, 0.25) is 0 Å². The molecule has 31 heavy (non-hydrogen) atoms. The van der Waals surface area contributed by atoms with E-state index in [9.17, 15) is 13.6 Å². The predicted molar refractivity (Wildman–Crippen MR) is 111 cm³/mol. The van der Waals surface area contributed by atoms with Crippen molar-refractivity contribution in [3.63, 3.8) is 0 Å². The molecule has 166 valence electrons. The zero-order valence-electron chi connectivity index (χ0n) is 17.6. The number of hydrogen-bond acceptors (Lipinski definition) is 6. The first-order valence-corrected chi connectivity index (χ1v) is 10.4. The number of hydrogen-bond donors (Lipinski definition) is 1. The van der Waals surface area contributed by atoms with E-state index in [-0.39, 0.29) is 31.1 Å². The van der Waals surface area contributed by atoms with Crippen LogP contribution < -0.4 is 19.7 Å². The number of carbonyl (C=O) groups is 1. The van der Waals surface area contributed by atoms with E-state index in [0.29, 0.717) is 18.4 Å². The highest BCUT2D eigenvalue weighted by molar-refractivity contribution is 5.73. The van der Waals surface area contributed by atoms with E-state index < -0.39 is 11.8 Å². The maximum Gasteiger partial charge on any atom is 0.255 e. The lowest BCUT2D eigenvalue weighted by Gasteiger charge is -2.18. The second-order valence-electron chi connectivity index (χ2n) is 8.13. The number of alkyl halides is 2. The molecule has 1 aliphatic heterocycles. The molecular weight excluding hydrogens is 406 g/mol. The van der Waals surface area contributed by atoms with Crippen molar-refractivity contribution in [2.75, 3.05) is 24.6 Å². The van der Waals surface area contributed by atoms with Crippen LogP contribution in [0.4, 0.5) is 14.7 Å². The van der Waals surface area contributed by atoms with Gasteiger partial charge in [0.15, 0.2) is 0 Å². The van der Waals surface area contributed by atoms with Crippen LogP contribution >= 0.6 is 0 Å². The fourth-order valence-electron chi connectivity index (χ4n) is 3.62. The normalized spacial score (nSPS) is 22.6. The van der Waals surface area contributed by atoms with E-state index in [4.69, 9.17) is 9.47 Å². The molecule has 1 saturated heterocycles. The van der Waals surface area contributed by atoms with Crippen LogP contribution in [0.15, 0.2) is 36.5 Å². The highest BCUT2D eigenvalue weighted by atomic mass is 19.3. The number of halogens is 2. The van der Waals surface area contributed by atoms with E-state index in [1.165, 1.54) is 6.92 Å². The second kappa shape index (κ2) is 8.64. The molecule has 7 nitrogen and oxygen atoms in total. The summed E-state index contributed by atoms with van der Waals surface area (Å²) in [4.78, 5) is 21.8. The standard InChI is InChI=1S/C22H26F2N4O3/c1-14(26-15(2)29)16-3-5-18(6-4-16)31-19-8-10-28(12-19)21-25-9-7-20(27-21)30-13-17-11-22(17,23)24/h3-7,9,14,17,19H,8,10-13H2,1-2H3,(H,26,29)/t14-,17?,19+/m0/s1. The average molecular weight is 432 g/mol. The first-order chi connectivity index (χ1) is 14.8. The van der Waals surface area contributed by atoms with E-state index in [1.54, 1.807) is 12.3 Å².